The predicted molar refractivity (Wildman–Crippen MR) is 62.9 cm³/mol. The highest BCUT2D eigenvalue weighted by Crippen LogP contribution is 2.22. The number of rotatable bonds is 3. The molecule has 1 N–H and O–H groups in total. The molecule has 0 aliphatic heterocycles. The van der Waals surface area contributed by atoms with E-state index in [1.54, 1.807) is 0 Å². The Kier molecular flexibility index (Phi) is 2.78. The van der Waals surface area contributed by atoms with Crippen LogP contribution in [0.3, 0.4) is 0 Å². The maximum atomic E-state index is 9.11. The Morgan fingerprint density at radius 1 is 1.33 bits per heavy atom. The first kappa shape index (κ1) is 10.2. The van der Waals surface area contributed by atoms with Crippen molar-refractivity contribution in [3.05, 3.63) is 36.0 Å². The highest BCUT2D eigenvalue weighted by molar-refractivity contribution is 5.80. The van der Waals surface area contributed by atoms with Gasteiger partial charge in [-0.3, -0.25) is 0 Å². The minimum atomic E-state index is 0.113. The minimum absolute atomic E-state index is 0.113. The van der Waals surface area contributed by atoms with Gasteiger partial charge < -0.3 is 9.67 Å². The van der Waals surface area contributed by atoms with Crippen LogP contribution < -0.4 is 0 Å². The van der Waals surface area contributed by atoms with Gasteiger partial charge in [-0.2, -0.15) is 0 Å². The molecule has 2 aromatic rings. The molecule has 1 heterocycles. The fourth-order valence-electron chi connectivity index (χ4n) is 1.87. The van der Waals surface area contributed by atoms with E-state index in [0.29, 0.717) is 6.04 Å². The van der Waals surface area contributed by atoms with Gasteiger partial charge in [0.1, 0.15) is 0 Å². The van der Waals surface area contributed by atoms with Gasteiger partial charge in [0.05, 0.1) is 6.61 Å². The molecule has 1 aromatic heterocycles. The van der Waals surface area contributed by atoms with Crippen LogP contribution in [0, 0.1) is 0 Å². The predicted octanol–water partition coefficient (Wildman–Crippen LogP) is 3.10. The van der Waals surface area contributed by atoms with Crippen LogP contribution in [0.5, 0.6) is 0 Å². The molecule has 0 bridgehead atoms. The van der Waals surface area contributed by atoms with Crippen molar-refractivity contribution < 1.29 is 5.11 Å². The van der Waals surface area contributed by atoms with Gasteiger partial charge in [0, 0.05) is 17.8 Å². The second-order valence-corrected chi connectivity index (χ2v) is 4.03. The van der Waals surface area contributed by atoms with E-state index in [-0.39, 0.29) is 6.61 Å². The van der Waals surface area contributed by atoms with Crippen molar-refractivity contribution in [2.45, 2.75) is 32.9 Å². The molecular weight excluding hydrogens is 186 g/mol. The number of hydrogen-bond donors (Lipinski definition) is 1. The van der Waals surface area contributed by atoms with E-state index in [1.165, 1.54) is 10.9 Å². The molecule has 0 saturated carbocycles. The molecule has 0 spiro atoms. The number of nitrogens with zero attached hydrogens (tertiary/aromatic N) is 1. The van der Waals surface area contributed by atoms with Gasteiger partial charge in [-0.15, -0.1) is 0 Å². The zero-order valence-electron chi connectivity index (χ0n) is 9.27. The van der Waals surface area contributed by atoms with Crippen molar-refractivity contribution in [1.82, 2.24) is 4.57 Å². The summed E-state index contributed by atoms with van der Waals surface area (Å²) in [7, 11) is 0. The average Bonchev–Trinajstić information content (AvgIpc) is 2.70. The number of aliphatic hydroxyl groups excluding tert-OH is 1. The Bertz CT molecular complexity index is 459. The van der Waals surface area contributed by atoms with Gasteiger partial charge >= 0.3 is 0 Å². The Morgan fingerprint density at radius 2 is 2.13 bits per heavy atom. The Hall–Kier alpha value is -1.28. The number of benzene rings is 1. The van der Waals surface area contributed by atoms with Crippen LogP contribution in [-0.4, -0.2) is 9.67 Å². The van der Waals surface area contributed by atoms with E-state index in [9.17, 15) is 0 Å². The first-order chi connectivity index (χ1) is 7.26. The largest absolute Gasteiger partial charge is 0.392 e. The first-order valence-corrected chi connectivity index (χ1v) is 5.46. The molecule has 2 heteroatoms. The second kappa shape index (κ2) is 4.07. The van der Waals surface area contributed by atoms with Gasteiger partial charge in [0.2, 0.25) is 0 Å². The van der Waals surface area contributed by atoms with E-state index in [1.807, 2.05) is 6.07 Å². The van der Waals surface area contributed by atoms with E-state index < -0.39 is 0 Å². The van der Waals surface area contributed by atoms with E-state index in [2.05, 4.69) is 42.8 Å². The monoisotopic (exact) mass is 203 g/mol. The molecule has 1 aromatic carbocycles. The van der Waals surface area contributed by atoms with Gasteiger partial charge in [0.25, 0.3) is 0 Å². The van der Waals surface area contributed by atoms with E-state index in [4.69, 9.17) is 5.11 Å². The molecule has 80 valence electrons. The molecule has 1 unspecified atom stereocenters. The average molecular weight is 203 g/mol. The molecule has 0 saturated heterocycles. The van der Waals surface area contributed by atoms with Gasteiger partial charge in [0.15, 0.2) is 0 Å². The maximum absolute atomic E-state index is 9.11. The van der Waals surface area contributed by atoms with Crippen molar-refractivity contribution in [2.24, 2.45) is 0 Å². The maximum Gasteiger partial charge on any atom is 0.0682 e. The first-order valence-electron chi connectivity index (χ1n) is 5.46. The molecule has 0 radical (unpaired) electrons. The lowest BCUT2D eigenvalue weighted by Gasteiger charge is -2.13. The van der Waals surface area contributed by atoms with Crippen LogP contribution in [0.15, 0.2) is 30.5 Å². The van der Waals surface area contributed by atoms with Crippen molar-refractivity contribution >= 4 is 10.9 Å². The normalized spacial score (nSPS) is 13.3. The molecule has 0 aliphatic rings. The molecule has 2 nitrogen and oxygen atoms in total. The van der Waals surface area contributed by atoms with Crippen molar-refractivity contribution in [1.29, 1.82) is 0 Å². The molecule has 1 atom stereocenters. The Balaban J connectivity index is 2.56. The van der Waals surface area contributed by atoms with Gasteiger partial charge in [-0.1, -0.05) is 19.1 Å². The third kappa shape index (κ3) is 1.77. The third-order valence-corrected chi connectivity index (χ3v) is 3.04. The number of hydrogen-bond acceptors (Lipinski definition) is 1. The summed E-state index contributed by atoms with van der Waals surface area (Å²) < 4.78 is 2.27. The zero-order valence-corrected chi connectivity index (χ0v) is 9.27. The van der Waals surface area contributed by atoms with Crippen molar-refractivity contribution in [3.8, 4) is 0 Å². The summed E-state index contributed by atoms with van der Waals surface area (Å²) in [5.74, 6) is 0. The van der Waals surface area contributed by atoms with Crippen LogP contribution in [0.2, 0.25) is 0 Å². The summed E-state index contributed by atoms with van der Waals surface area (Å²) in [4.78, 5) is 0. The Labute approximate surface area is 90.2 Å². The molecule has 15 heavy (non-hydrogen) atoms. The lowest BCUT2D eigenvalue weighted by molar-refractivity contribution is 0.282. The highest BCUT2D eigenvalue weighted by atomic mass is 16.3. The van der Waals surface area contributed by atoms with Crippen LogP contribution in [0.25, 0.3) is 10.9 Å². The molecule has 0 aliphatic carbocycles. The lowest BCUT2D eigenvalue weighted by Crippen LogP contribution is -2.01. The summed E-state index contributed by atoms with van der Waals surface area (Å²) in [6.07, 6.45) is 3.24. The smallest absolute Gasteiger partial charge is 0.0682 e. The van der Waals surface area contributed by atoms with Crippen molar-refractivity contribution in [2.75, 3.05) is 0 Å². The van der Waals surface area contributed by atoms with Crippen molar-refractivity contribution in [3.63, 3.8) is 0 Å². The summed E-state index contributed by atoms with van der Waals surface area (Å²) in [6.45, 7) is 4.51. The van der Waals surface area contributed by atoms with E-state index >= 15 is 0 Å². The summed E-state index contributed by atoms with van der Waals surface area (Å²) in [6, 6.07) is 8.75. The summed E-state index contributed by atoms with van der Waals surface area (Å²) >= 11 is 0. The second-order valence-electron chi connectivity index (χ2n) is 4.03. The quantitative estimate of drug-likeness (QED) is 0.814. The summed E-state index contributed by atoms with van der Waals surface area (Å²) in [5, 5.41) is 10.4. The van der Waals surface area contributed by atoms with E-state index in [0.717, 1.165) is 12.0 Å². The fourth-order valence-corrected chi connectivity index (χ4v) is 1.87. The molecule has 0 amide bonds. The molecule has 2 rings (SSSR count). The van der Waals surface area contributed by atoms with Crippen LogP contribution in [0.4, 0.5) is 0 Å². The van der Waals surface area contributed by atoms with Gasteiger partial charge in [-0.05, 0) is 36.4 Å². The standard InChI is InChI=1S/C13H17NO/c1-3-10(2)14-7-6-12-5-4-11(9-15)8-13(12)14/h4-8,10,15H,3,9H2,1-2H3. The van der Waals surface area contributed by atoms with Crippen LogP contribution in [0.1, 0.15) is 31.9 Å². The van der Waals surface area contributed by atoms with Crippen LogP contribution >= 0.6 is 0 Å². The molecular formula is C13H17NO. The zero-order chi connectivity index (χ0) is 10.8. The number of fused-ring (bicyclic) bond motifs is 1. The summed E-state index contributed by atoms with van der Waals surface area (Å²) in [5.41, 5.74) is 2.20. The highest BCUT2D eigenvalue weighted by Gasteiger charge is 2.06. The number of aliphatic hydroxyl groups is 1. The number of aromatic nitrogens is 1. The third-order valence-electron chi connectivity index (χ3n) is 3.04. The Morgan fingerprint density at radius 3 is 2.80 bits per heavy atom. The SMILES string of the molecule is CCC(C)n1ccc2ccc(CO)cc21. The topological polar surface area (TPSA) is 25.2 Å². The molecule has 0 fully saturated rings. The van der Waals surface area contributed by atoms with Crippen LogP contribution in [-0.2, 0) is 6.61 Å². The lowest BCUT2D eigenvalue weighted by atomic mass is 10.1. The minimum Gasteiger partial charge on any atom is -0.392 e. The fraction of sp³-hybridized carbons (Fsp3) is 0.385. The van der Waals surface area contributed by atoms with Gasteiger partial charge in [-0.25, -0.2) is 0 Å².